The monoisotopic (exact) mass is 904 g/mol. The van der Waals surface area contributed by atoms with E-state index in [4.69, 9.17) is 42.3 Å². The summed E-state index contributed by atoms with van der Waals surface area (Å²) in [5.41, 5.74) is 0.157. The van der Waals surface area contributed by atoms with Gasteiger partial charge in [-0.3, -0.25) is 4.79 Å². The largest absolute Gasteiger partial charge is 0.484 e. The van der Waals surface area contributed by atoms with Crippen molar-refractivity contribution in [1.29, 1.82) is 0 Å². The van der Waals surface area contributed by atoms with E-state index in [1.165, 1.54) is 66.7 Å². The summed E-state index contributed by atoms with van der Waals surface area (Å²) in [6.45, 7) is 0.526. The quantitative estimate of drug-likeness (QED) is 0.0547. The van der Waals surface area contributed by atoms with E-state index in [2.05, 4.69) is 0 Å². The highest BCUT2D eigenvalue weighted by atomic mass is 16.7. The number of ether oxygens (including phenoxy) is 8. The van der Waals surface area contributed by atoms with Crippen molar-refractivity contribution in [1.82, 2.24) is 0 Å². The average Bonchev–Trinajstić information content (AvgIpc) is 3.36. The summed E-state index contributed by atoms with van der Waals surface area (Å²) in [5.74, 6) is -4.81. The first kappa shape index (κ1) is 45.0. The third kappa shape index (κ3) is 11.0. The van der Waals surface area contributed by atoms with E-state index in [-0.39, 0.29) is 51.3 Å². The lowest BCUT2D eigenvalue weighted by Crippen LogP contribution is -2.63. The zero-order chi connectivity index (χ0) is 46.7. The summed E-state index contributed by atoms with van der Waals surface area (Å²) in [6.07, 6.45) is -8.19. The Morgan fingerprint density at radius 1 is 0.537 bits per heavy atom. The number of fused-ring (bicyclic) bond motifs is 1. The lowest BCUT2D eigenvalue weighted by Gasteiger charge is -2.44. The van der Waals surface area contributed by atoms with Crippen molar-refractivity contribution in [2.45, 2.75) is 44.2 Å². The Hall–Kier alpha value is -8.56. The van der Waals surface area contributed by atoms with Crippen LogP contribution in [0.15, 0.2) is 179 Å². The van der Waals surface area contributed by atoms with Gasteiger partial charge in [0.15, 0.2) is 18.0 Å². The minimum atomic E-state index is -1.72. The van der Waals surface area contributed by atoms with Gasteiger partial charge in [0.25, 0.3) is 5.75 Å². The van der Waals surface area contributed by atoms with Gasteiger partial charge in [-0.2, -0.15) is 0 Å². The van der Waals surface area contributed by atoms with Gasteiger partial charge in [-0.25, -0.2) is 24.0 Å². The highest BCUT2D eigenvalue weighted by molar-refractivity contribution is 5.92. The van der Waals surface area contributed by atoms with Crippen LogP contribution in [0.1, 0.15) is 53.9 Å². The zero-order valence-corrected chi connectivity index (χ0v) is 35.6. The van der Waals surface area contributed by atoms with Gasteiger partial charge in [0.1, 0.15) is 30.7 Å². The summed E-state index contributed by atoms with van der Waals surface area (Å²) in [6, 6.07) is 45.2. The molecule has 15 nitrogen and oxygen atoms in total. The van der Waals surface area contributed by atoms with Crippen molar-refractivity contribution in [2.24, 2.45) is 0 Å². The minimum Gasteiger partial charge on any atom is -0.484 e. The molecular weight excluding hydrogens is 865 g/mol. The molecule has 0 radical (unpaired) electrons. The van der Waals surface area contributed by atoms with Gasteiger partial charge in [-0.1, -0.05) is 103 Å². The average molecular weight is 905 g/mol. The summed E-state index contributed by atoms with van der Waals surface area (Å²) >= 11 is 0. The van der Waals surface area contributed by atoms with Gasteiger partial charge >= 0.3 is 35.5 Å². The predicted molar refractivity (Wildman–Crippen MR) is 238 cm³/mol. The van der Waals surface area contributed by atoms with E-state index in [1.54, 1.807) is 72.8 Å². The highest BCUT2D eigenvalue weighted by Crippen LogP contribution is 2.37. The molecule has 1 aromatic heterocycles. The van der Waals surface area contributed by atoms with Crippen molar-refractivity contribution < 1.29 is 66.3 Å². The Bertz CT molecular complexity index is 2910. The molecule has 1 fully saturated rings. The van der Waals surface area contributed by atoms with E-state index < -0.39 is 78.5 Å². The molecule has 0 unspecified atom stereocenters. The number of carbonyl (C=O) groups is 5. The third-order valence-corrected chi connectivity index (χ3v) is 10.3. The predicted octanol–water partition coefficient (Wildman–Crippen LogP) is 7.93. The molecule has 1 aliphatic heterocycles. The summed E-state index contributed by atoms with van der Waals surface area (Å²) in [5, 5.41) is 0.212. The van der Waals surface area contributed by atoms with Crippen LogP contribution in [0, 0.1) is 0 Å². The second kappa shape index (κ2) is 21.0. The van der Waals surface area contributed by atoms with Crippen LogP contribution in [-0.4, -0.2) is 67.2 Å². The molecule has 7 aromatic rings. The van der Waals surface area contributed by atoms with Gasteiger partial charge < -0.3 is 42.3 Å². The Balaban J connectivity index is 1.21. The van der Waals surface area contributed by atoms with Crippen LogP contribution in [0.4, 0.5) is 0 Å². The lowest BCUT2D eigenvalue weighted by atomic mass is 9.97. The molecule has 1 saturated heterocycles. The molecule has 0 amide bonds. The van der Waals surface area contributed by atoms with E-state index in [0.29, 0.717) is 0 Å². The molecular formula is C52H40O15. The first-order chi connectivity index (χ1) is 32.6. The maximum Gasteiger partial charge on any atom is 0.383 e. The van der Waals surface area contributed by atoms with Gasteiger partial charge in [0.05, 0.1) is 27.6 Å². The summed E-state index contributed by atoms with van der Waals surface area (Å²) in [4.78, 5) is 80.8. The second-order valence-electron chi connectivity index (χ2n) is 14.9. The van der Waals surface area contributed by atoms with Crippen LogP contribution >= 0.6 is 0 Å². The summed E-state index contributed by atoms with van der Waals surface area (Å²) in [7, 11) is 0. The minimum absolute atomic E-state index is 0.00831. The molecule has 0 spiro atoms. The molecule has 6 aromatic carbocycles. The fourth-order valence-electron chi connectivity index (χ4n) is 7.07. The molecule has 1 aliphatic rings. The topological polar surface area (TPSA) is 189 Å². The number of esters is 5. The highest BCUT2D eigenvalue weighted by Gasteiger charge is 2.54. The van der Waals surface area contributed by atoms with Crippen LogP contribution in [-0.2, 0) is 35.1 Å². The Morgan fingerprint density at radius 3 is 1.54 bits per heavy atom. The normalized spacial score (nSPS) is 17.6. The van der Waals surface area contributed by atoms with Crippen molar-refractivity contribution in [3.63, 3.8) is 0 Å². The Kier molecular flexibility index (Phi) is 14.1. The molecule has 338 valence electrons. The molecule has 8 rings (SSSR count). The van der Waals surface area contributed by atoms with Crippen LogP contribution in [0.3, 0.4) is 0 Å². The molecule has 0 saturated carbocycles. The molecule has 5 atom stereocenters. The smallest absolute Gasteiger partial charge is 0.383 e. The maximum atomic E-state index is 14.0. The molecule has 0 bridgehead atoms. The van der Waals surface area contributed by atoms with Crippen LogP contribution < -0.4 is 19.8 Å². The first-order valence-electron chi connectivity index (χ1n) is 20.9. The van der Waals surface area contributed by atoms with Gasteiger partial charge in [0.2, 0.25) is 12.4 Å². The zero-order valence-electron chi connectivity index (χ0n) is 35.6. The fourth-order valence-corrected chi connectivity index (χ4v) is 7.07. The maximum absolute atomic E-state index is 14.0. The van der Waals surface area contributed by atoms with Crippen LogP contribution in [0.25, 0.3) is 11.0 Å². The molecule has 0 aliphatic carbocycles. The number of carbonyl (C=O) groups excluding carboxylic acids is 5. The van der Waals surface area contributed by atoms with Crippen molar-refractivity contribution in [3.05, 3.63) is 208 Å². The Morgan fingerprint density at radius 2 is 1.01 bits per heavy atom. The number of benzene rings is 6. The van der Waals surface area contributed by atoms with Crippen molar-refractivity contribution >= 4 is 40.8 Å². The standard InChI is InChI=1S/C52H40O15/c1-32(53)61-45-42(59-30-33-17-7-2-8-18-33)39-28-27-38(29-40(39)63-51(45)58)62-52-46(67-50(57)37-25-15-6-16-26-37)44(66-49(56)36-23-13-5-14-24-36)43(65-48(55)35-21-11-4-12-22-35)41(64-52)31-60-47(54)34-19-9-3-10-20-34/h2-29,41,43-44,46,52H,30-31H2,1H3/t41-,43-,44+,46+,52+/m1/s1. The Labute approximate surface area is 382 Å². The summed E-state index contributed by atoms with van der Waals surface area (Å²) < 4.78 is 54.0. The van der Waals surface area contributed by atoms with Gasteiger partial charge in [-0.05, 0) is 66.2 Å². The first-order valence-corrected chi connectivity index (χ1v) is 20.9. The SMILES string of the molecule is CC(=O)Oc1c(OCc2ccccc2)c2ccc(O[C@H]3O[C@H](COC(=O)c4ccccc4)[C@@H](OC(=O)c4ccccc4)[C@H](OC(=O)c4ccccc4)[C@@H]3OC(=O)c3ccccc3)cc2oc1=O. The van der Waals surface area contributed by atoms with E-state index in [9.17, 15) is 28.8 Å². The molecule has 15 heteroatoms. The fraction of sp³-hybridized carbons (Fsp3) is 0.154. The molecule has 2 heterocycles. The second-order valence-corrected chi connectivity index (χ2v) is 14.9. The van der Waals surface area contributed by atoms with Crippen molar-refractivity contribution in [2.75, 3.05) is 6.61 Å². The molecule has 0 N–H and O–H groups in total. The number of hydrogen-bond donors (Lipinski definition) is 0. The molecule has 67 heavy (non-hydrogen) atoms. The third-order valence-electron chi connectivity index (χ3n) is 10.3. The van der Waals surface area contributed by atoms with E-state index in [0.717, 1.165) is 12.5 Å². The van der Waals surface area contributed by atoms with Crippen molar-refractivity contribution in [3.8, 4) is 17.2 Å². The van der Waals surface area contributed by atoms with Gasteiger partial charge in [0, 0.05) is 13.0 Å². The lowest BCUT2D eigenvalue weighted by molar-refractivity contribution is -0.275. The van der Waals surface area contributed by atoms with E-state index in [1.807, 2.05) is 30.3 Å². The number of rotatable bonds is 15. The number of hydrogen-bond acceptors (Lipinski definition) is 15. The van der Waals surface area contributed by atoms with Crippen LogP contribution in [0.5, 0.6) is 17.2 Å². The van der Waals surface area contributed by atoms with Crippen LogP contribution in [0.2, 0.25) is 0 Å². The van der Waals surface area contributed by atoms with E-state index >= 15 is 0 Å². The van der Waals surface area contributed by atoms with Gasteiger partial charge in [-0.15, -0.1) is 0 Å².